The van der Waals surface area contributed by atoms with E-state index in [1.54, 1.807) is 14.2 Å². The van der Waals surface area contributed by atoms with Crippen molar-refractivity contribution < 1.29 is 28.5 Å². The number of dihydropyridines is 1. The Morgan fingerprint density at radius 1 is 1.00 bits per heavy atom. The maximum absolute atomic E-state index is 13.9. The molecule has 196 valence electrons. The van der Waals surface area contributed by atoms with Crippen LogP contribution in [-0.4, -0.2) is 39.2 Å². The average molecular weight is 506 g/mol. The number of ether oxygens (including phenoxy) is 4. The zero-order chi connectivity index (χ0) is 26.5. The number of methoxy groups -OCH3 is 2. The van der Waals surface area contributed by atoms with Crippen LogP contribution in [-0.2, 0) is 14.3 Å². The molecular weight excluding hydrogens is 470 g/mol. The number of carbonyl (C=O) groups excluding carboxylic acids is 2. The van der Waals surface area contributed by atoms with Gasteiger partial charge < -0.3 is 24.3 Å². The molecule has 0 saturated heterocycles. The van der Waals surface area contributed by atoms with Crippen molar-refractivity contribution in [3.05, 3.63) is 76.1 Å². The molecule has 2 atom stereocenters. The van der Waals surface area contributed by atoms with Gasteiger partial charge >= 0.3 is 5.97 Å². The van der Waals surface area contributed by atoms with E-state index >= 15 is 0 Å². The topological polar surface area (TPSA) is 83.1 Å². The Labute approximate surface area is 218 Å². The summed E-state index contributed by atoms with van der Waals surface area (Å²) in [5.41, 5.74) is 4.38. The minimum absolute atomic E-state index is 0.00173. The van der Waals surface area contributed by atoms with Crippen molar-refractivity contribution in [1.29, 1.82) is 0 Å². The van der Waals surface area contributed by atoms with Crippen molar-refractivity contribution in [2.75, 3.05) is 27.4 Å². The maximum Gasteiger partial charge on any atom is 0.336 e. The lowest BCUT2D eigenvalue weighted by Crippen LogP contribution is -2.36. The number of rotatable bonds is 9. The second-order valence-corrected chi connectivity index (χ2v) is 9.24. The van der Waals surface area contributed by atoms with Crippen LogP contribution in [0.15, 0.2) is 65.0 Å². The molecule has 0 saturated carbocycles. The third-order valence-corrected chi connectivity index (χ3v) is 6.89. The lowest BCUT2D eigenvalue weighted by atomic mass is 9.71. The first kappa shape index (κ1) is 26.3. The Hall–Kier alpha value is -3.74. The second kappa shape index (κ2) is 11.5. The normalized spacial score (nSPS) is 19.2. The number of ketones is 1. The number of carbonyl (C=O) groups is 2. The molecule has 0 bridgehead atoms. The van der Waals surface area contributed by atoms with E-state index < -0.39 is 11.9 Å². The van der Waals surface area contributed by atoms with Gasteiger partial charge in [0.2, 0.25) is 0 Å². The zero-order valence-electron chi connectivity index (χ0n) is 22.2. The molecule has 0 spiro atoms. The van der Waals surface area contributed by atoms with Gasteiger partial charge in [-0.15, -0.1) is 0 Å². The van der Waals surface area contributed by atoms with E-state index in [9.17, 15) is 9.59 Å². The molecule has 2 aromatic rings. The number of hydrogen-bond donors (Lipinski definition) is 1. The van der Waals surface area contributed by atoms with Crippen molar-refractivity contribution in [2.45, 2.75) is 51.9 Å². The summed E-state index contributed by atoms with van der Waals surface area (Å²) in [5.74, 6) is 0.912. The van der Waals surface area contributed by atoms with Crippen molar-refractivity contribution in [3.63, 3.8) is 0 Å². The number of benzene rings is 2. The monoisotopic (exact) mass is 505 g/mol. The molecule has 0 aromatic heterocycles. The first-order valence-corrected chi connectivity index (χ1v) is 12.8. The molecule has 0 fully saturated rings. The molecule has 1 heterocycles. The Balaban J connectivity index is 1.79. The summed E-state index contributed by atoms with van der Waals surface area (Å²) in [5, 5.41) is 3.40. The molecule has 4 rings (SSSR count). The van der Waals surface area contributed by atoms with E-state index in [1.165, 1.54) is 0 Å². The number of para-hydroxylation sites is 1. The fraction of sp³-hybridized carbons (Fsp3) is 0.400. The van der Waals surface area contributed by atoms with Crippen molar-refractivity contribution in [1.82, 2.24) is 5.32 Å². The number of esters is 1. The van der Waals surface area contributed by atoms with Gasteiger partial charge in [-0.1, -0.05) is 31.2 Å². The molecule has 2 aliphatic rings. The van der Waals surface area contributed by atoms with Crippen LogP contribution in [0.25, 0.3) is 0 Å². The number of hydrogen-bond acceptors (Lipinski definition) is 7. The summed E-state index contributed by atoms with van der Waals surface area (Å²) < 4.78 is 22.4. The standard InChI is InChI=1S/C30H35NO6/c1-6-14-37-30(33)27-18(3)31-22-15-20(19-12-13-25(34-4)26(17-19)35-5)16-23(32)29(22)28(27)21-10-8-9-11-24(21)36-7-2/h8-13,17,20,28,31H,6-7,14-16H2,1-5H3/t20-,28-/m1/s1. The summed E-state index contributed by atoms with van der Waals surface area (Å²) in [6.07, 6.45) is 1.66. The molecule has 0 unspecified atom stereocenters. The third-order valence-electron chi connectivity index (χ3n) is 6.89. The van der Waals surface area contributed by atoms with Crippen LogP contribution in [0, 0.1) is 0 Å². The van der Waals surface area contributed by atoms with Gasteiger partial charge in [0.25, 0.3) is 0 Å². The van der Waals surface area contributed by atoms with Gasteiger partial charge in [-0.2, -0.15) is 0 Å². The van der Waals surface area contributed by atoms with Crippen molar-refractivity contribution in [3.8, 4) is 17.2 Å². The van der Waals surface area contributed by atoms with Crippen molar-refractivity contribution in [2.24, 2.45) is 0 Å². The van der Waals surface area contributed by atoms with Gasteiger partial charge in [0.05, 0.1) is 38.9 Å². The second-order valence-electron chi connectivity index (χ2n) is 9.24. The van der Waals surface area contributed by atoms with Gasteiger partial charge in [-0.25, -0.2) is 4.79 Å². The highest BCUT2D eigenvalue weighted by molar-refractivity contribution is 6.04. The minimum atomic E-state index is -0.567. The van der Waals surface area contributed by atoms with Crippen LogP contribution in [0.3, 0.4) is 0 Å². The SMILES string of the molecule is CCCOC(=O)C1=C(C)NC2=C(C(=O)C[C@H](c3ccc(OC)c(OC)c3)C2)[C@@H]1c1ccccc1OCC. The van der Waals surface area contributed by atoms with E-state index in [4.69, 9.17) is 18.9 Å². The highest BCUT2D eigenvalue weighted by Crippen LogP contribution is 2.48. The summed E-state index contributed by atoms with van der Waals surface area (Å²) in [7, 11) is 3.20. The van der Waals surface area contributed by atoms with Gasteiger partial charge in [0.1, 0.15) is 5.75 Å². The van der Waals surface area contributed by atoms with E-state index in [0.29, 0.717) is 66.6 Å². The van der Waals surface area contributed by atoms with Gasteiger partial charge in [-0.3, -0.25) is 4.79 Å². The highest BCUT2D eigenvalue weighted by Gasteiger charge is 2.42. The lowest BCUT2D eigenvalue weighted by molar-refractivity contribution is -0.139. The summed E-state index contributed by atoms with van der Waals surface area (Å²) in [4.78, 5) is 27.2. The Morgan fingerprint density at radius 3 is 2.46 bits per heavy atom. The quantitative estimate of drug-likeness (QED) is 0.456. The predicted molar refractivity (Wildman–Crippen MR) is 141 cm³/mol. The van der Waals surface area contributed by atoms with Gasteiger partial charge in [0.15, 0.2) is 17.3 Å². The van der Waals surface area contributed by atoms with Crippen LogP contribution in [0.2, 0.25) is 0 Å². The zero-order valence-corrected chi connectivity index (χ0v) is 22.2. The van der Waals surface area contributed by atoms with E-state index in [2.05, 4.69) is 5.32 Å². The summed E-state index contributed by atoms with van der Waals surface area (Å²) in [6, 6.07) is 13.4. The molecule has 1 aliphatic carbocycles. The summed E-state index contributed by atoms with van der Waals surface area (Å²) >= 11 is 0. The van der Waals surface area contributed by atoms with Gasteiger partial charge in [-0.05, 0) is 56.4 Å². The molecule has 0 amide bonds. The van der Waals surface area contributed by atoms with Crippen LogP contribution >= 0.6 is 0 Å². The van der Waals surface area contributed by atoms with Crippen LogP contribution in [0.1, 0.15) is 63.0 Å². The average Bonchev–Trinajstić information content (AvgIpc) is 2.90. The largest absolute Gasteiger partial charge is 0.494 e. The first-order chi connectivity index (χ1) is 17.9. The van der Waals surface area contributed by atoms with Crippen LogP contribution in [0.4, 0.5) is 0 Å². The van der Waals surface area contributed by atoms with Crippen molar-refractivity contribution >= 4 is 11.8 Å². The fourth-order valence-corrected chi connectivity index (χ4v) is 5.24. The highest BCUT2D eigenvalue weighted by atomic mass is 16.5. The van der Waals surface area contributed by atoms with Crippen LogP contribution in [0.5, 0.6) is 17.2 Å². The first-order valence-electron chi connectivity index (χ1n) is 12.8. The molecule has 37 heavy (non-hydrogen) atoms. The Morgan fingerprint density at radius 2 is 1.76 bits per heavy atom. The fourth-order valence-electron chi connectivity index (χ4n) is 5.24. The molecule has 7 nitrogen and oxygen atoms in total. The van der Waals surface area contributed by atoms with E-state index in [-0.39, 0.29) is 11.7 Å². The smallest absolute Gasteiger partial charge is 0.336 e. The maximum atomic E-state index is 13.9. The number of nitrogens with one attached hydrogen (secondary N) is 1. The molecule has 1 N–H and O–H groups in total. The predicted octanol–water partition coefficient (Wildman–Crippen LogP) is 5.42. The Kier molecular flexibility index (Phi) is 8.21. The van der Waals surface area contributed by atoms with E-state index in [0.717, 1.165) is 16.8 Å². The van der Waals surface area contributed by atoms with E-state index in [1.807, 2.05) is 63.2 Å². The van der Waals surface area contributed by atoms with Crippen LogP contribution < -0.4 is 19.5 Å². The molecule has 1 aliphatic heterocycles. The molecule has 2 aromatic carbocycles. The Bertz CT molecular complexity index is 1240. The minimum Gasteiger partial charge on any atom is -0.494 e. The number of allylic oxidation sites excluding steroid dienone is 3. The lowest BCUT2D eigenvalue weighted by Gasteiger charge is -2.37. The molecule has 0 radical (unpaired) electrons. The summed E-state index contributed by atoms with van der Waals surface area (Å²) in [6.45, 7) is 6.53. The number of Topliss-reactive ketones (excluding diaryl/α,β-unsaturated/α-hetero) is 1. The third kappa shape index (κ3) is 5.22. The molecular formula is C30H35NO6. The molecule has 7 heteroatoms. The van der Waals surface area contributed by atoms with Gasteiger partial charge in [0, 0.05) is 29.0 Å².